The first kappa shape index (κ1) is 60.8. The minimum absolute atomic E-state index is 0.903. The molecule has 0 aromatic carbocycles. The number of hydrogen-bond donors (Lipinski definition) is 0. The molecule has 4 nitrogen and oxygen atoms in total. The van der Waals surface area contributed by atoms with Crippen LogP contribution in [0.4, 0.5) is 0 Å². The van der Waals surface area contributed by atoms with Gasteiger partial charge in [0, 0.05) is 59.3 Å². The Kier molecular flexibility index (Phi) is 57.7. The van der Waals surface area contributed by atoms with E-state index >= 15 is 0 Å². The van der Waals surface area contributed by atoms with Crippen molar-refractivity contribution in [3.05, 3.63) is 0 Å². The van der Waals surface area contributed by atoms with Gasteiger partial charge >= 0.3 is 0 Å². The average molecular weight is 865 g/mol. The molecule has 0 bridgehead atoms. The van der Waals surface area contributed by atoms with Gasteiger partial charge in [-0.2, -0.15) is 0 Å². The Balaban J connectivity index is 3.96. The van der Waals surface area contributed by atoms with E-state index in [4.69, 9.17) is 14.2 Å². The van der Waals surface area contributed by atoms with Crippen molar-refractivity contribution in [2.75, 3.05) is 59.3 Å². The molecular weight excluding hydrogens is 747 g/mol. The van der Waals surface area contributed by atoms with Gasteiger partial charge in [-0.3, -0.25) is 0 Å². The first-order valence-electron chi connectivity index (χ1n) is 28.8. The van der Waals surface area contributed by atoms with Gasteiger partial charge < -0.3 is 19.1 Å². The summed E-state index contributed by atoms with van der Waals surface area (Å²) in [6.45, 7) is 15.9. The third kappa shape index (κ3) is 55.9. The molecule has 0 aromatic heterocycles. The summed E-state index contributed by atoms with van der Waals surface area (Å²) in [4.78, 5) is 2.65. The molecule has 0 aliphatic heterocycles. The summed E-state index contributed by atoms with van der Waals surface area (Å²) >= 11 is 0. The lowest BCUT2D eigenvalue weighted by molar-refractivity contribution is 0.0943. The molecule has 61 heavy (non-hydrogen) atoms. The Hall–Kier alpha value is -0.160. The van der Waals surface area contributed by atoms with Crippen LogP contribution in [0.5, 0.6) is 0 Å². The zero-order valence-electron chi connectivity index (χ0n) is 42.9. The van der Waals surface area contributed by atoms with E-state index in [-0.39, 0.29) is 0 Å². The van der Waals surface area contributed by atoms with Crippen LogP contribution < -0.4 is 0 Å². The molecule has 0 radical (unpaired) electrons. The van der Waals surface area contributed by atoms with E-state index < -0.39 is 0 Å². The van der Waals surface area contributed by atoms with Crippen LogP contribution in [-0.2, 0) is 14.2 Å². The molecule has 0 rings (SSSR count). The fraction of sp³-hybridized carbons (Fsp3) is 1.00. The molecule has 0 fully saturated rings. The summed E-state index contributed by atoms with van der Waals surface area (Å²) in [6, 6.07) is 0. The van der Waals surface area contributed by atoms with Gasteiger partial charge in [0.1, 0.15) is 0 Å². The van der Waals surface area contributed by atoms with Crippen LogP contribution in [0, 0.1) is 0 Å². The summed E-state index contributed by atoms with van der Waals surface area (Å²) in [7, 11) is 0. The zero-order chi connectivity index (χ0) is 43.9. The molecule has 4 heteroatoms. The van der Waals surface area contributed by atoms with Crippen LogP contribution >= 0.6 is 0 Å². The van der Waals surface area contributed by atoms with E-state index in [1.165, 1.54) is 270 Å². The second-order valence-corrected chi connectivity index (χ2v) is 19.5. The largest absolute Gasteiger partial charge is 0.381 e. The topological polar surface area (TPSA) is 30.9 Å². The molecule has 0 aliphatic carbocycles. The number of unbranched alkanes of at least 4 members (excludes halogenated alkanes) is 39. The van der Waals surface area contributed by atoms with Crippen LogP contribution in [0.25, 0.3) is 0 Å². The Morgan fingerprint density at radius 3 is 0.508 bits per heavy atom. The summed E-state index contributed by atoms with van der Waals surface area (Å²) in [5.41, 5.74) is 0. The number of nitrogens with zero attached hydrogens (tertiary/aromatic N) is 1. The molecule has 0 amide bonds. The van der Waals surface area contributed by atoms with E-state index in [1.807, 2.05) is 0 Å². The SMILES string of the molecule is CCCCCCCCCCCCCCCCOCCCN(CCCOCCCCCCCCCCCCCCCC)CCCOCCCCCCCCCCCCCCCC. The Morgan fingerprint density at radius 1 is 0.180 bits per heavy atom. The molecule has 0 aromatic rings. The Morgan fingerprint density at radius 2 is 0.328 bits per heavy atom. The van der Waals surface area contributed by atoms with Crippen LogP contribution in [0.2, 0.25) is 0 Å². The quantitative estimate of drug-likeness (QED) is 0.0570. The van der Waals surface area contributed by atoms with E-state index in [0.717, 1.165) is 78.5 Å². The lowest BCUT2D eigenvalue weighted by atomic mass is 10.0. The third-order valence-electron chi connectivity index (χ3n) is 13.2. The third-order valence-corrected chi connectivity index (χ3v) is 13.2. The monoisotopic (exact) mass is 864 g/mol. The van der Waals surface area contributed by atoms with E-state index in [9.17, 15) is 0 Å². The van der Waals surface area contributed by atoms with Crippen molar-refractivity contribution < 1.29 is 14.2 Å². The molecule has 0 atom stereocenters. The highest BCUT2D eigenvalue weighted by molar-refractivity contribution is 4.60. The van der Waals surface area contributed by atoms with Crippen LogP contribution in [-0.4, -0.2) is 64.2 Å². The first-order chi connectivity index (χ1) is 30.3. The second kappa shape index (κ2) is 57.9. The van der Waals surface area contributed by atoms with Gasteiger partial charge in [-0.1, -0.05) is 271 Å². The molecule has 0 aliphatic rings. The van der Waals surface area contributed by atoms with Gasteiger partial charge in [-0.05, 0) is 38.5 Å². The van der Waals surface area contributed by atoms with Gasteiger partial charge in [0.25, 0.3) is 0 Å². The highest BCUT2D eigenvalue weighted by Crippen LogP contribution is 2.16. The van der Waals surface area contributed by atoms with E-state index in [0.29, 0.717) is 0 Å². The normalized spacial score (nSPS) is 11.8. The van der Waals surface area contributed by atoms with Crippen molar-refractivity contribution >= 4 is 0 Å². The summed E-state index contributed by atoms with van der Waals surface area (Å²) in [5, 5.41) is 0. The lowest BCUT2D eigenvalue weighted by Gasteiger charge is -2.22. The first-order valence-corrected chi connectivity index (χ1v) is 28.8. The summed E-state index contributed by atoms with van der Waals surface area (Å²) < 4.78 is 18.3. The van der Waals surface area contributed by atoms with Crippen molar-refractivity contribution in [3.63, 3.8) is 0 Å². The second-order valence-electron chi connectivity index (χ2n) is 19.5. The maximum atomic E-state index is 6.10. The lowest BCUT2D eigenvalue weighted by Crippen LogP contribution is -2.29. The molecule has 0 unspecified atom stereocenters. The van der Waals surface area contributed by atoms with Crippen molar-refractivity contribution in [2.24, 2.45) is 0 Å². The van der Waals surface area contributed by atoms with Gasteiger partial charge in [0.15, 0.2) is 0 Å². The summed E-state index contributed by atoms with van der Waals surface area (Å²) in [5.74, 6) is 0. The molecule has 0 spiro atoms. The van der Waals surface area contributed by atoms with E-state index in [2.05, 4.69) is 25.7 Å². The van der Waals surface area contributed by atoms with Crippen LogP contribution in [0.1, 0.15) is 310 Å². The number of hydrogen-bond acceptors (Lipinski definition) is 4. The maximum absolute atomic E-state index is 6.10. The molecule has 0 saturated heterocycles. The van der Waals surface area contributed by atoms with E-state index in [1.54, 1.807) is 0 Å². The highest BCUT2D eigenvalue weighted by atomic mass is 16.5. The Bertz CT molecular complexity index is 638. The standard InChI is InChI=1S/C57H117NO3/c1-4-7-10-13-16-19-22-25-28-31-34-37-40-43-52-59-55-46-49-58(50-47-56-60-53-44-41-38-35-32-29-26-23-20-17-14-11-8-5-2)51-48-57-61-54-45-42-39-36-33-30-27-24-21-18-15-12-9-6-3/h4-57H2,1-3H3. The molecular formula is C57H117NO3. The smallest absolute Gasteiger partial charge is 0.0478 e. The number of rotatable bonds is 57. The predicted octanol–water partition coefficient (Wildman–Crippen LogP) is 19.0. The predicted molar refractivity (Wildman–Crippen MR) is 274 cm³/mol. The molecule has 368 valence electrons. The fourth-order valence-electron chi connectivity index (χ4n) is 9.01. The highest BCUT2D eigenvalue weighted by Gasteiger charge is 2.06. The zero-order valence-corrected chi connectivity index (χ0v) is 42.9. The minimum Gasteiger partial charge on any atom is -0.381 e. The number of ether oxygens (including phenoxy) is 3. The van der Waals surface area contributed by atoms with Gasteiger partial charge in [-0.25, -0.2) is 0 Å². The van der Waals surface area contributed by atoms with Crippen molar-refractivity contribution in [1.29, 1.82) is 0 Å². The molecule has 0 N–H and O–H groups in total. The minimum atomic E-state index is 0.903. The van der Waals surface area contributed by atoms with Crippen LogP contribution in [0.15, 0.2) is 0 Å². The fourth-order valence-corrected chi connectivity index (χ4v) is 9.01. The van der Waals surface area contributed by atoms with Crippen molar-refractivity contribution in [2.45, 2.75) is 310 Å². The van der Waals surface area contributed by atoms with Crippen molar-refractivity contribution in [3.8, 4) is 0 Å². The molecule has 0 saturated carbocycles. The molecule has 0 heterocycles. The van der Waals surface area contributed by atoms with Crippen molar-refractivity contribution in [1.82, 2.24) is 4.90 Å². The maximum Gasteiger partial charge on any atom is 0.0478 e. The van der Waals surface area contributed by atoms with Crippen LogP contribution in [0.3, 0.4) is 0 Å². The average Bonchev–Trinajstić information content (AvgIpc) is 3.27. The van der Waals surface area contributed by atoms with Gasteiger partial charge in [-0.15, -0.1) is 0 Å². The van der Waals surface area contributed by atoms with Gasteiger partial charge in [0.2, 0.25) is 0 Å². The van der Waals surface area contributed by atoms with Gasteiger partial charge in [0.05, 0.1) is 0 Å². The summed E-state index contributed by atoms with van der Waals surface area (Å²) in [6.07, 6.45) is 62.7. The Labute approximate surface area is 386 Å².